The van der Waals surface area contributed by atoms with Crippen molar-refractivity contribution in [1.82, 2.24) is 10.8 Å². The molecule has 0 saturated heterocycles. The largest absolute Gasteiger partial charge is 0.379 e. The number of terminal acetylenes is 1. The maximum absolute atomic E-state index is 8.30. The fraction of sp³-hybridized carbons (Fsp3) is 0.833. The van der Waals surface area contributed by atoms with Crippen LogP contribution in [0, 0.1) is 12.3 Å². The lowest BCUT2D eigenvalue weighted by Gasteiger charge is -2.06. The third-order valence-electron chi connectivity index (χ3n) is 2.04. The zero-order valence-electron chi connectivity index (χ0n) is 10.4. The van der Waals surface area contributed by atoms with Crippen molar-refractivity contribution >= 4 is 0 Å². The van der Waals surface area contributed by atoms with E-state index in [1.807, 2.05) is 0 Å². The van der Waals surface area contributed by atoms with E-state index >= 15 is 0 Å². The molecule has 0 fully saturated rings. The molecule has 0 aromatic heterocycles. The van der Waals surface area contributed by atoms with Crippen molar-refractivity contribution in [2.45, 2.75) is 19.3 Å². The summed E-state index contributed by atoms with van der Waals surface area (Å²) in [6, 6.07) is 0. The van der Waals surface area contributed by atoms with Crippen molar-refractivity contribution in [2.75, 3.05) is 46.1 Å². The first-order chi connectivity index (χ1) is 8.41. The van der Waals surface area contributed by atoms with E-state index in [4.69, 9.17) is 21.1 Å². The molecule has 0 atom stereocenters. The molecular weight excluding hydrogens is 220 g/mol. The van der Waals surface area contributed by atoms with E-state index < -0.39 is 0 Å². The monoisotopic (exact) mass is 244 g/mol. The molecule has 0 aromatic rings. The summed E-state index contributed by atoms with van der Waals surface area (Å²) in [5, 5.41) is 11.5. The zero-order valence-corrected chi connectivity index (χ0v) is 10.4. The molecule has 0 saturated carbocycles. The van der Waals surface area contributed by atoms with Crippen LogP contribution in [0.5, 0.6) is 0 Å². The fourth-order valence-electron chi connectivity index (χ4n) is 1.16. The van der Waals surface area contributed by atoms with Crippen LogP contribution in [0.3, 0.4) is 0 Å². The Bertz CT molecular complexity index is 183. The SMILES string of the molecule is C#CCCNCCCOCCOCCCNO. The standard InChI is InChI=1S/C12H24N2O3/c1-2-3-6-13-7-4-9-16-11-12-17-10-5-8-14-15/h1,13-15H,3-12H2. The van der Waals surface area contributed by atoms with Gasteiger partial charge in [0.1, 0.15) is 0 Å². The zero-order chi connectivity index (χ0) is 12.6. The van der Waals surface area contributed by atoms with Crippen molar-refractivity contribution in [1.29, 1.82) is 0 Å². The number of hydroxylamine groups is 1. The molecule has 0 aromatic carbocycles. The van der Waals surface area contributed by atoms with Gasteiger partial charge in [-0.05, 0) is 19.4 Å². The van der Waals surface area contributed by atoms with Gasteiger partial charge >= 0.3 is 0 Å². The Hall–Kier alpha value is -0.640. The molecule has 0 radical (unpaired) electrons. The van der Waals surface area contributed by atoms with Crippen molar-refractivity contribution in [3.8, 4) is 12.3 Å². The van der Waals surface area contributed by atoms with E-state index in [2.05, 4.69) is 16.7 Å². The van der Waals surface area contributed by atoms with Crippen LogP contribution in [0.1, 0.15) is 19.3 Å². The van der Waals surface area contributed by atoms with Gasteiger partial charge in [0.05, 0.1) is 13.2 Å². The molecule has 0 unspecified atom stereocenters. The van der Waals surface area contributed by atoms with Gasteiger partial charge in [0.25, 0.3) is 0 Å². The highest BCUT2D eigenvalue weighted by Crippen LogP contribution is 1.85. The second-order valence-corrected chi connectivity index (χ2v) is 3.54. The number of rotatable bonds is 13. The average Bonchev–Trinajstić information content (AvgIpc) is 2.35. The molecule has 5 heteroatoms. The normalized spacial score (nSPS) is 10.4. The molecule has 100 valence electrons. The van der Waals surface area contributed by atoms with Gasteiger partial charge in [-0.3, -0.25) is 0 Å². The maximum atomic E-state index is 8.30. The molecule has 5 nitrogen and oxygen atoms in total. The van der Waals surface area contributed by atoms with E-state index in [0.29, 0.717) is 26.4 Å². The smallest absolute Gasteiger partial charge is 0.0700 e. The van der Waals surface area contributed by atoms with Gasteiger partial charge in [0, 0.05) is 32.7 Å². The average molecular weight is 244 g/mol. The minimum absolute atomic E-state index is 0.560. The van der Waals surface area contributed by atoms with Crippen molar-refractivity contribution in [3.05, 3.63) is 0 Å². The summed E-state index contributed by atoms with van der Waals surface area (Å²) in [7, 11) is 0. The Morgan fingerprint density at radius 1 is 0.941 bits per heavy atom. The van der Waals surface area contributed by atoms with Gasteiger partial charge in [-0.25, -0.2) is 5.48 Å². The van der Waals surface area contributed by atoms with Crippen LogP contribution >= 0.6 is 0 Å². The third kappa shape index (κ3) is 15.4. The minimum atomic E-state index is 0.560. The molecular formula is C12H24N2O3. The fourth-order valence-corrected chi connectivity index (χ4v) is 1.16. The van der Waals surface area contributed by atoms with Crippen LogP contribution < -0.4 is 10.8 Å². The van der Waals surface area contributed by atoms with Gasteiger partial charge in [0.15, 0.2) is 0 Å². The molecule has 0 aliphatic carbocycles. The van der Waals surface area contributed by atoms with Gasteiger partial charge in [-0.2, -0.15) is 0 Å². The third-order valence-corrected chi connectivity index (χ3v) is 2.04. The van der Waals surface area contributed by atoms with E-state index in [9.17, 15) is 0 Å². The topological polar surface area (TPSA) is 62.8 Å². The first-order valence-electron chi connectivity index (χ1n) is 6.08. The van der Waals surface area contributed by atoms with Crippen molar-refractivity contribution < 1.29 is 14.7 Å². The lowest BCUT2D eigenvalue weighted by atomic mass is 10.4. The molecule has 0 amide bonds. The first kappa shape index (κ1) is 16.4. The molecule has 0 spiro atoms. The molecule has 0 heterocycles. The Labute approximate surface area is 104 Å². The first-order valence-corrected chi connectivity index (χ1v) is 6.08. The van der Waals surface area contributed by atoms with Crippen LogP contribution in [0.4, 0.5) is 0 Å². The predicted octanol–water partition coefficient (Wildman–Crippen LogP) is 0.392. The van der Waals surface area contributed by atoms with Crippen LogP contribution in [0.25, 0.3) is 0 Å². The van der Waals surface area contributed by atoms with E-state index in [-0.39, 0.29) is 0 Å². The predicted molar refractivity (Wildman–Crippen MR) is 67.0 cm³/mol. The number of nitrogens with one attached hydrogen (secondary N) is 2. The quantitative estimate of drug-likeness (QED) is 0.248. The van der Waals surface area contributed by atoms with E-state index in [1.165, 1.54) is 0 Å². The second-order valence-electron chi connectivity index (χ2n) is 3.54. The summed E-state index contributed by atoms with van der Waals surface area (Å²) in [5.74, 6) is 2.58. The Morgan fingerprint density at radius 3 is 2.18 bits per heavy atom. The van der Waals surface area contributed by atoms with E-state index in [0.717, 1.165) is 39.0 Å². The number of hydrogen-bond acceptors (Lipinski definition) is 5. The number of ether oxygens (including phenoxy) is 2. The Balaban J connectivity index is 2.87. The summed E-state index contributed by atoms with van der Waals surface area (Å²) in [4.78, 5) is 0. The molecule has 0 aliphatic heterocycles. The summed E-state index contributed by atoms with van der Waals surface area (Å²) >= 11 is 0. The second kappa shape index (κ2) is 15.4. The summed E-state index contributed by atoms with van der Waals surface area (Å²) in [5.41, 5.74) is 2.08. The summed E-state index contributed by atoms with van der Waals surface area (Å²) in [6.45, 7) is 4.98. The van der Waals surface area contributed by atoms with Crippen molar-refractivity contribution in [2.24, 2.45) is 0 Å². The van der Waals surface area contributed by atoms with Crippen LogP contribution in [-0.4, -0.2) is 51.3 Å². The maximum Gasteiger partial charge on any atom is 0.0700 e. The lowest BCUT2D eigenvalue weighted by molar-refractivity contribution is 0.0429. The summed E-state index contributed by atoms with van der Waals surface area (Å²) < 4.78 is 10.7. The van der Waals surface area contributed by atoms with Crippen LogP contribution in [0.15, 0.2) is 0 Å². The van der Waals surface area contributed by atoms with Crippen LogP contribution in [-0.2, 0) is 9.47 Å². The summed E-state index contributed by atoms with van der Waals surface area (Å²) in [6.07, 6.45) is 7.68. The lowest BCUT2D eigenvalue weighted by Crippen LogP contribution is -2.18. The van der Waals surface area contributed by atoms with E-state index in [1.54, 1.807) is 0 Å². The van der Waals surface area contributed by atoms with Gasteiger partial charge in [-0.1, -0.05) is 0 Å². The molecule has 0 bridgehead atoms. The highest BCUT2D eigenvalue weighted by atomic mass is 16.5. The highest BCUT2D eigenvalue weighted by Gasteiger charge is 1.91. The van der Waals surface area contributed by atoms with Gasteiger partial charge < -0.3 is 20.0 Å². The molecule has 0 aliphatic rings. The van der Waals surface area contributed by atoms with Crippen molar-refractivity contribution in [3.63, 3.8) is 0 Å². The van der Waals surface area contributed by atoms with Gasteiger partial charge in [-0.15, -0.1) is 12.3 Å². The Kier molecular flexibility index (Phi) is 14.8. The van der Waals surface area contributed by atoms with Crippen LogP contribution in [0.2, 0.25) is 0 Å². The Morgan fingerprint density at radius 2 is 1.59 bits per heavy atom. The molecule has 3 N–H and O–H groups in total. The molecule has 17 heavy (non-hydrogen) atoms. The highest BCUT2D eigenvalue weighted by molar-refractivity contribution is 4.83. The minimum Gasteiger partial charge on any atom is -0.379 e. The van der Waals surface area contributed by atoms with Gasteiger partial charge in [0.2, 0.25) is 0 Å². The number of hydrogen-bond donors (Lipinski definition) is 3. The molecule has 0 rings (SSSR count).